The fraction of sp³-hybridized carbons (Fsp3) is 0.0588. The Morgan fingerprint density at radius 1 is 0.382 bits per heavy atom. The van der Waals surface area contributed by atoms with Crippen molar-refractivity contribution in [3.63, 3.8) is 0 Å². The first-order chi connectivity index (χ1) is 27.0. The van der Waals surface area contributed by atoms with Gasteiger partial charge in [0.1, 0.15) is 27.9 Å². The van der Waals surface area contributed by atoms with Crippen LogP contribution in [0.4, 0.5) is 17.1 Å². The molecule has 0 spiro atoms. The molecule has 260 valence electrons. The molecule has 0 bridgehead atoms. The van der Waals surface area contributed by atoms with E-state index in [1.165, 1.54) is 22.3 Å². The van der Waals surface area contributed by atoms with E-state index in [0.29, 0.717) is 0 Å². The summed E-state index contributed by atoms with van der Waals surface area (Å²) >= 11 is 0. The lowest BCUT2D eigenvalue weighted by molar-refractivity contribution is 0.660. The molecule has 12 rings (SSSR count). The summed E-state index contributed by atoms with van der Waals surface area (Å²) in [6.45, 7) is 4.66. The third kappa shape index (κ3) is 4.28. The molecule has 55 heavy (non-hydrogen) atoms. The van der Waals surface area contributed by atoms with Gasteiger partial charge in [0.05, 0.1) is 5.69 Å². The lowest BCUT2D eigenvalue weighted by Gasteiger charge is -2.28. The number of furan rings is 3. The van der Waals surface area contributed by atoms with Crippen LogP contribution in [0.1, 0.15) is 25.0 Å². The number of fused-ring (bicyclic) bond motifs is 12. The van der Waals surface area contributed by atoms with Crippen molar-refractivity contribution >= 4 is 82.9 Å². The van der Waals surface area contributed by atoms with E-state index in [1.54, 1.807) is 0 Å². The Bertz CT molecular complexity index is 3360. The number of para-hydroxylation sites is 3. The van der Waals surface area contributed by atoms with Crippen LogP contribution in [0.25, 0.3) is 88.1 Å². The van der Waals surface area contributed by atoms with Gasteiger partial charge in [0.25, 0.3) is 0 Å². The Labute approximate surface area is 316 Å². The van der Waals surface area contributed by atoms with Crippen LogP contribution < -0.4 is 4.90 Å². The Morgan fingerprint density at radius 3 is 1.87 bits per heavy atom. The summed E-state index contributed by atoms with van der Waals surface area (Å²) in [6.07, 6.45) is 0. The van der Waals surface area contributed by atoms with Gasteiger partial charge in [-0.15, -0.1) is 0 Å². The van der Waals surface area contributed by atoms with Gasteiger partial charge in [-0.2, -0.15) is 0 Å². The van der Waals surface area contributed by atoms with Crippen LogP contribution >= 0.6 is 0 Å². The minimum atomic E-state index is -0.151. The molecule has 4 heteroatoms. The van der Waals surface area contributed by atoms with E-state index in [4.69, 9.17) is 13.3 Å². The Kier molecular flexibility index (Phi) is 6.09. The fourth-order valence-electron chi connectivity index (χ4n) is 9.21. The van der Waals surface area contributed by atoms with Gasteiger partial charge in [-0.1, -0.05) is 123 Å². The maximum Gasteiger partial charge on any atom is 0.159 e. The van der Waals surface area contributed by atoms with Crippen molar-refractivity contribution in [1.82, 2.24) is 0 Å². The fourth-order valence-corrected chi connectivity index (χ4v) is 9.21. The molecule has 1 aliphatic carbocycles. The van der Waals surface area contributed by atoms with E-state index >= 15 is 0 Å². The molecule has 0 aliphatic heterocycles. The predicted molar refractivity (Wildman–Crippen MR) is 226 cm³/mol. The molecule has 3 aromatic heterocycles. The molecule has 0 radical (unpaired) electrons. The topological polar surface area (TPSA) is 42.7 Å². The normalized spacial score (nSPS) is 13.4. The number of benzene rings is 8. The van der Waals surface area contributed by atoms with Crippen molar-refractivity contribution in [3.8, 4) is 22.3 Å². The standard InChI is InChI=1S/C51H33NO3/c1-51(2)42-19-8-6-14-34(42)35-24-22-32(27-43(35)51)52(44-20-11-18-37-36-15-7-9-21-45(36)54-50(37)44)31-23-25-46-39(26-31)41-29-48-40(28-47(41)53-46)38-17-10-16-33(49(38)55-48)30-12-4-3-5-13-30/h3-29H,1-2H3. The second-order valence-corrected chi connectivity index (χ2v) is 15.3. The van der Waals surface area contributed by atoms with Crippen LogP contribution in [0.15, 0.2) is 177 Å². The Morgan fingerprint density at radius 2 is 0.982 bits per heavy atom. The second-order valence-electron chi connectivity index (χ2n) is 15.3. The Hall–Kier alpha value is -7.04. The van der Waals surface area contributed by atoms with Crippen molar-refractivity contribution in [3.05, 3.63) is 175 Å². The van der Waals surface area contributed by atoms with E-state index in [-0.39, 0.29) is 5.41 Å². The molecule has 0 saturated carbocycles. The van der Waals surface area contributed by atoms with Crippen LogP contribution in [0.3, 0.4) is 0 Å². The summed E-state index contributed by atoms with van der Waals surface area (Å²) in [5, 5.41) is 6.34. The molecule has 4 nitrogen and oxygen atoms in total. The average Bonchev–Trinajstić information content (AvgIpc) is 3.96. The van der Waals surface area contributed by atoms with Crippen molar-refractivity contribution in [1.29, 1.82) is 0 Å². The first kappa shape index (κ1) is 30.4. The Balaban J connectivity index is 1.09. The molecule has 0 unspecified atom stereocenters. The number of nitrogens with zero attached hydrogens (tertiary/aromatic N) is 1. The number of rotatable bonds is 4. The molecule has 3 heterocycles. The van der Waals surface area contributed by atoms with E-state index in [1.807, 2.05) is 18.2 Å². The summed E-state index contributed by atoms with van der Waals surface area (Å²) in [5.74, 6) is 0. The second kappa shape index (κ2) is 11.0. The van der Waals surface area contributed by atoms with Gasteiger partial charge in [-0.3, -0.25) is 0 Å². The van der Waals surface area contributed by atoms with Crippen LogP contribution in [0.2, 0.25) is 0 Å². The first-order valence-corrected chi connectivity index (χ1v) is 18.8. The zero-order chi connectivity index (χ0) is 36.4. The van der Waals surface area contributed by atoms with Gasteiger partial charge < -0.3 is 18.2 Å². The summed E-state index contributed by atoms with van der Waals surface area (Å²) in [4.78, 5) is 2.34. The smallest absolute Gasteiger partial charge is 0.159 e. The van der Waals surface area contributed by atoms with E-state index < -0.39 is 0 Å². The van der Waals surface area contributed by atoms with E-state index in [2.05, 4.69) is 164 Å². The van der Waals surface area contributed by atoms with Crippen molar-refractivity contribution < 1.29 is 13.3 Å². The molecule has 0 N–H and O–H groups in total. The molecular weight excluding hydrogens is 675 g/mol. The lowest BCUT2D eigenvalue weighted by Crippen LogP contribution is -2.16. The summed E-state index contributed by atoms with van der Waals surface area (Å²) in [5.41, 5.74) is 15.5. The molecule has 8 aromatic carbocycles. The van der Waals surface area contributed by atoms with Crippen LogP contribution in [0, 0.1) is 0 Å². The zero-order valence-electron chi connectivity index (χ0n) is 30.3. The molecule has 0 atom stereocenters. The predicted octanol–water partition coefficient (Wildman–Crippen LogP) is 14.8. The summed E-state index contributed by atoms with van der Waals surface area (Å²) in [7, 11) is 0. The SMILES string of the molecule is CC1(C)c2ccccc2-c2ccc(N(c3ccc4oc5cc6c(cc5c4c3)oc3c(-c4ccccc4)cccc36)c3cccc4c3oc3ccccc34)cc21. The highest BCUT2D eigenvalue weighted by atomic mass is 16.3. The van der Waals surface area contributed by atoms with Crippen molar-refractivity contribution in [2.24, 2.45) is 0 Å². The van der Waals surface area contributed by atoms with Gasteiger partial charge in [-0.05, 0) is 82.4 Å². The molecule has 0 amide bonds. The number of hydrogen-bond acceptors (Lipinski definition) is 4. The van der Waals surface area contributed by atoms with Crippen molar-refractivity contribution in [2.75, 3.05) is 4.90 Å². The van der Waals surface area contributed by atoms with Gasteiger partial charge >= 0.3 is 0 Å². The maximum absolute atomic E-state index is 6.68. The van der Waals surface area contributed by atoms with Gasteiger partial charge in [-0.25, -0.2) is 0 Å². The van der Waals surface area contributed by atoms with Crippen LogP contribution in [-0.2, 0) is 5.41 Å². The lowest BCUT2D eigenvalue weighted by atomic mass is 9.82. The molecule has 11 aromatic rings. The van der Waals surface area contributed by atoms with Crippen LogP contribution in [-0.4, -0.2) is 0 Å². The third-order valence-electron chi connectivity index (χ3n) is 11.9. The monoisotopic (exact) mass is 707 g/mol. The zero-order valence-corrected chi connectivity index (χ0v) is 30.3. The van der Waals surface area contributed by atoms with E-state index in [9.17, 15) is 0 Å². The maximum atomic E-state index is 6.68. The largest absolute Gasteiger partial charge is 0.456 e. The van der Waals surface area contributed by atoms with Gasteiger partial charge in [0.2, 0.25) is 0 Å². The van der Waals surface area contributed by atoms with Crippen LogP contribution in [0.5, 0.6) is 0 Å². The van der Waals surface area contributed by atoms with Crippen molar-refractivity contribution in [2.45, 2.75) is 19.3 Å². The number of hydrogen-bond donors (Lipinski definition) is 0. The minimum Gasteiger partial charge on any atom is -0.456 e. The number of anilines is 3. The summed E-state index contributed by atoms with van der Waals surface area (Å²) in [6, 6.07) is 58.0. The first-order valence-electron chi connectivity index (χ1n) is 18.8. The minimum absolute atomic E-state index is 0.151. The highest BCUT2D eigenvalue weighted by Crippen LogP contribution is 2.52. The molecule has 1 aliphatic rings. The summed E-state index contributed by atoms with van der Waals surface area (Å²) < 4.78 is 20.0. The van der Waals surface area contributed by atoms with Gasteiger partial charge in [0.15, 0.2) is 5.58 Å². The molecule has 0 saturated heterocycles. The van der Waals surface area contributed by atoms with Gasteiger partial charge in [0, 0.05) is 54.7 Å². The highest BCUT2D eigenvalue weighted by Gasteiger charge is 2.36. The van der Waals surface area contributed by atoms with E-state index in [0.717, 1.165) is 94.0 Å². The average molecular weight is 708 g/mol. The quantitative estimate of drug-likeness (QED) is 0.183. The highest BCUT2D eigenvalue weighted by molar-refractivity contribution is 6.17. The third-order valence-corrected chi connectivity index (χ3v) is 11.9. The molecular formula is C51H33NO3. The molecule has 0 fully saturated rings.